The van der Waals surface area contributed by atoms with Crippen LogP contribution in [0.15, 0.2) is 22.8 Å². The van der Waals surface area contributed by atoms with Crippen LogP contribution in [0.1, 0.15) is 12.5 Å². The van der Waals surface area contributed by atoms with E-state index in [-0.39, 0.29) is 0 Å². The van der Waals surface area contributed by atoms with E-state index in [0.717, 1.165) is 33.2 Å². The summed E-state index contributed by atoms with van der Waals surface area (Å²) in [5, 5.41) is 4.35. The molecule has 0 aliphatic heterocycles. The minimum atomic E-state index is 0.681. The predicted molar refractivity (Wildman–Crippen MR) is 72.8 cm³/mol. The van der Waals surface area contributed by atoms with Gasteiger partial charge in [0.05, 0.1) is 23.1 Å². The van der Waals surface area contributed by atoms with E-state index in [4.69, 9.17) is 5.73 Å². The second kappa shape index (κ2) is 4.29. The predicted octanol–water partition coefficient (Wildman–Crippen LogP) is 3.32. The van der Waals surface area contributed by atoms with Crippen molar-refractivity contribution >= 4 is 38.2 Å². The number of nitrogens with zero attached hydrogens (tertiary/aromatic N) is 1. The molecule has 1 aromatic heterocycles. The van der Waals surface area contributed by atoms with Crippen molar-refractivity contribution in [3.05, 3.63) is 28.4 Å². The van der Waals surface area contributed by atoms with Gasteiger partial charge < -0.3 is 11.1 Å². The fourth-order valence-corrected chi connectivity index (χ4v) is 2.30. The van der Waals surface area contributed by atoms with E-state index < -0.39 is 0 Å². The summed E-state index contributed by atoms with van der Waals surface area (Å²) < 4.78 is 1.02. The van der Waals surface area contributed by atoms with Crippen molar-refractivity contribution in [3.8, 4) is 0 Å². The van der Waals surface area contributed by atoms with Crippen LogP contribution in [-0.4, -0.2) is 11.5 Å². The number of aromatic nitrogens is 1. The summed E-state index contributed by atoms with van der Waals surface area (Å²) in [5.41, 5.74) is 9.72. The van der Waals surface area contributed by atoms with Crippen molar-refractivity contribution in [2.75, 3.05) is 17.6 Å². The number of nitrogens with two attached hydrogens (primary N) is 1. The van der Waals surface area contributed by atoms with Gasteiger partial charge in [-0.05, 0) is 25.5 Å². The van der Waals surface area contributed by atoms with Crippen molar-refractivity contribution in [2.24, 2.45) is 0 Å². The molecule has 4 heteroatoms. The minimum Gasteiger partial charge on any atom is -0.396 e. The molecule has 16 heavy (non-hydrogen) atoms. The van der Waals surface area contributed by atoms with Gasteiger partial charge >= 0.3 is 0 Å². The lowest BCUT2D eigenvalue weighted by molar-refractivity contribution is 1.21. The standard InChI is InChI=1S/C12H14BrN3/c1-3-15-12-9(14)6-16-11-7(2)4-5-8(13)10(11)12/h4-6H,3,14H2,1-2H3,(H,15,16). The van der Waals surface area contributed by atoms with Crippen LogP contribution in [0.5, 0.6) is 0 Å². The van der Waals surface area contributed by atoms with E-state index in [1.807, 2.05) is 19.1 Å². The number of fused-ring (bicyclic) bond motifs is 1. The summed E-state index contributed by atoms with van der Waals surface area (Å²) in [4.78, 5) is 4.39. The normalized spacial score (nSPS) is 10.7. The molecule has 1 aromatic carbocycles. The number of rotatable bonds is 2. The first kappa shape index (κ1) is 11.2. The van der Waals surface area contributed by atoms with Crippen molar-refractivity contribution in [3.63, 3.8) is 0 Å². The molecule has 2 aromatic rings. The molecule has 84 valence electrons. The van der Waals surface area contributed by atoms with E-state index in [2.05, 4.69) is 33.2 Å². The van der Waals surface area contributed by atoms with Gasteiger partial charge in [-0.15, -0.1) is 0 Å². The monoisotopic (exact) mass is 279 g/mol. The fraction of sp³-hybridized carbons (Fsp3) is 0.250. The van der Waals surface area contributed by atoms with Crippen LogP contribution in [0.25, 0.3) is 10.9 Å². The molecule has 0 fully saturated rings. The molecule has 0 bridgehead atoms. The van der Waals surface area contributed by atoms with Gasteiger partial charge in [0.1, 0.15) is 0 Å². The van der Waals surface area contributed by atoms with Crippen molar-refractivity contribution < 1.29 is 0 Å². The zero-order valence-corrected chi connectivity index (χ0v) is 10.9. The smallest absolute Gasteiger partial charge is 0.0764 e. The van der Waals surface area contributed by atoms with Crippen LogP contribution in [0.2, 0.25) is 0 Å². The Morgan fingerprint density at radius 1 is 1.44 bits per heavy atom. The molecule has 0 aliphatic rings. The van der Waals surface area contributed by atoms with E-state index in [1.54, 1.807) is 6.20 Å². The Morgan fingerprint density at radius 3 is 2.88 bits per heavy atom. The van der Waals surface area contributed by atoms with Crippen LogP contribution in [-0.2, 0) is 0 Å². The number of hydrogen-bond donors (Lipinski definition) is 2. The molecular weight excluding hydrogens is 266 g/mol. The second-order valence-corrected chi connectivity index (χ2v) is 4.56. The molecule has 0 aliphatic carbocycles. The van der Waals surface area contributed by atoms with Gasteiger partial charge in [0.15, 0.2) is 0 Å². The quantitative estimate of drug-likeness (QED) is 0.887. The summed E-state index contributed by atoms with van der Waals surface area (Å²) in [6.45, 7) is 4.94. The van der Waals surface area contributed by atoms with Crippen molar-refractivity contribution in [1.29, 1.82) is 0 Å². The maximum atomic E-state index is 5.95. The highest BCUT2D eigenvalue weighted by molar-refractivity contribution is 9.10. The first-order valence-corrected chi connectivity index (χ1v) is 6.01. The van der Waals surface area contributed by atoms with Gasteiger partial charge in [0, 0.05) is 16.4 Å². The molecule has 0 spiro atoms. The average Bonchev–Trinajstić information content (AvgIpc) is 2.27. The van der Waals surface area contributed by atoms with Gasteiger partial charge in [0.2, 0.25) is 0 Å². The molecule has 1 heterocycles. The Balaban J connectivity index is 2.85. The van der Waals surface area contributed by atoms with Crippen LogP contribution < -0.4 is 11.1 Å². The molecule has 0 unspecified atom stereocenters. The number of hydrogen-bond acceptors (Lipinski definition) is 3. The lowest BCUT2D eigenvalue weighted by Gasteiger charge is -2.13. The van der Waals surface area contributed by atoms with E-state index in [9.17, 15) is 0 Å². The van der Waals surface area contributed by atoms with Gasteiger partial charge in [-0.1, -0.05) is 22.0 Å². The first-order chi connectivity index (χ1) is 7.65. The van der Waals surface area contributed by atoms with Crippen LogP contribution in [0.4, 0.5) is 11.4 Å². The summed E-state index contributed by atoms with van der Waals surface area (Å²) in [5.74, 6) is 0. The summed E-state index contributed by atoms with van der Waals surface area (Å²) >= 11 is 3.55. The Kier molecular flexibility index (Phi) is 3.01. The van der Waals surface area contributed by atoms with E-state index in [0.29, 0.717) is 5.69 Å². The maximum Gasteiger partial charge on any atom is 0.0764 e. The molecule has 0 atom stereocenters. The third-order valence-corrected chi connectivity index (χ3v) is 3.21. The molecule has 2 rings (SSSR count). The third kappa shape index (κ3) is 1.73. The number of nitrogens with one attached hydrogen (secondary N) is 1. The van der Waals surface area contributed by atoms with Gasteiger partial charge in [-0.3, -0.25) is 4.98 Å². The van der Waals surface area contributed by atoms with E-state index >= 15 is 0 Å². The number of aryl methyl sites for hydroxylation is 1. The van der Waals surface area contributed by atoms with Crippen LogP contribution >= 0.6 is 15.9 Å². The fourth-order valence-electron chi connectivity index (χ4n) is 1.79. The number of nitrogen functional groups attached to an aromatic ring is 1. The molecule has 0 radical (unpaired) electrons. The van der Waals surface area contributed by atoms with Crippen molar-refractivity contribution in [1.82, 2.24) is 4.98 Å². The Hall–Kier alpha value is -1.29. The van der Waals surface area contributed by atoms with Crippen LogP contribution in [0, 0.1) is 6.92 Å². The summed E-state index contributed by atoms with van der Waals surface area (Å²) in [6.07, 6.45) is 1.71. The number of halogens is 1. The molecular formula is C12H14BrN3. The largest absolute Gasteiger partial charge is 0.396 e. The molecule has 3 N–H and O–H groups in total. The minimum absolute atomic E-state index is 0.681. The SMILES string of the molecule is CCNc1c(N)cnc2c(C)ccc(Br)c12. The Bertz CT molecular complexity index is 537. The number of benzene rings is 1. The Labute approximate surface area is 103 Å². The topological polar surface area (TPSA) is 50.9 Å². The van der Waals surface area contributed by atoms with E-state index in [1.165, 1.54) is 0 Å². The zero-order valence-electron chi connectivity index (χ0n) is 9.34. The molecule has 3 nitrogen and oxygen atoms in total. The van der Waals surface area contributed by atoms with Gasteiger partial charge in [0.25, 0.3) is 0 Å². The highest BCUT2D eigenvalue weighted by Gasteiger charge is 2.10. The second-order valence-electron chi connectivity index (χ2n) is 3.71. The lowest BCUT2D eigenvalue weighted by atomic mass is 10.1. The average molecular weight is 280 g/mol. The number of pyridine rings is 1. The molecule has 0 saturated carbocycles. The highest BCUT2D eigenvalue weighted by atomic mass is 79.9. The molecule has 0 amide bonds. The summed E-state index contributed by atoms with van der Waals surface area (Å²) in [6, 6.07) is 4.07. The summed E-state index contributed by atoms with van der Waals surface area (Å²) in [7, 11) is 0. The van der Waals surface area contributed by atoms with Crippen molar-refractivity contribution in [2.45, 2.75) is 13.8 Å². The molecule has 0 saturated heterocycles. The lowest BCUT2D eigenvalue weighted by Crippen LogP contribution is -2.03. The number of anilines is 2. The first-order valence-electron chi connectivity index (χ1n) is 5.22. The van der Waals surface area contributed by atoms with Gasteiger partial charge in [-0.2, -0.15) is 0 Å². The Morgan fingerprint density at radius 2 is 2.19 bits per heavy atom. The van der Waals surface area contributed by atoms with Gasteiger partial charge in [-0.25, -0.2) is 0 Å². The maximum absolute atomic E-state index is 5.95. The highest BCUT2D eigenvalue weighted by Crippen LogP contribution is 2.34. The third-order valence-electron chi connectivity index (χ3n) is 2.55. The van der Waals surface area contributed by atoms with Crippen LogP contribution in [0.3, 0.4) is 0 Å². The zero-order chi connectivity index (χ0) is 11.7.